The topological polar surface area (TPSA) is 80.4 Å². The highest BCUT2D eigenvalue weighted by atomic mass is 16.5. The van der Waals surface area contributed by atoms with Crippen molar-refractivity contribution in [3.8, 4) is 17.9 Å². The van der Waals surface area contributed by atoms with Crippen molar-refractivity contribution < 1.29 is 9.53 Å². The van der Waals surface area contributed by atoms with E-state index >= 15 is 0 Å². The molecular weight excluding hydrogens is 388 g/mol. The summed E-state index contributed by atoms with van der Waals surface area (Å²) in [5, 5.41) is 18.3. The van der Waals surface area contributed by atoms with Crippen LogP contribution in [0.5, 0.6) is 5.75 Å². The van der Waals surface area contributed by atoms with E-state index in [2.05, 4.69) is 29.7 Å². The fourth-order valence-corrected chi connectivity index (χ4v) is 3.54. The number of nitrogens with zero attached hydrogens (tertiary/aromatic N) is 4. The van der Waals surface area contributed by atoms with E-state index in [9.17, 15) is 10.1 Å². The maximum absolute atomic E-state index is 12.9. The number of piperazine rings is 1. The maximum atomic E-state index is 12.9. The van der Waals surface area contributed by atoms with Crippen molar-refractivity contribution in [3.05, 3.63) is 77.9 Å². The Morgan fingerprint density at radius 2 is 1.84 bits per heavy atom. The smallest absolute Gasteiger partial charge is 0.264 e. The van der Waals surface area contributed by atoms with E-state index in [0.29, 0.717) is 25.3 Å². The van der Waals surface area contributed by atoms with Crippen molar-refractivity contribution in [3.63, 3.8) is 0 Å². The summed E-state index contributed by atoms with van der Waals surface area (Å²) in [4.78, 5) is 16.9. The lowest BCUT2D eigenvalue weighted by Crippen LogP contribution is -2.49. The van der Waals surface area contributed by atoms with Crippen LogP contribution in [-0.2, 0) is 11.2 Å². The first kappa shape index (κ1) is 21.7. The number of allylic oxidation sites excluding steroid dienone is 1. The molecule has 0 bridgehead atoms. The minimum Gasteiger partial charge on any atom is -0.478 e. The van der Waals surface area contributed by atoms with Gasteiger partial charge in [-0.3, -0.25) is 4.79 Å². The molecule has 1 aliphatic rings. The number of carbonyl (C=O) groups is 1. The lowest BCUT2D eigenvalue weighted by atomic mass is 10.0. The Hall–Kier alpha value is -4.03. The number of benzene rings is 2. The Bertz CT molecular complexity index is 1040. The van der Waals surface area contributed by atoms with Gasteiger partial charge in [0.1, 0.15) is 23.5 Å². The molecule has 2 aromatic rings. The molecule has 2 aromatic carbocycles. The van der Waals surface area contributed by atoms with Gasteiger partial charge in [0.05, 0.1) is 0 Å². The third kappa shape index (κ3) is 5.52. The van der Waals surface area contributed by atoms with Crippen LogP contribution in [0.3, 0.4) is 0 Å². The van der Waals surface area contributed by atoms with Gasteiger partial charge in [-0.25, -0.2) is 0 Å². The summed E-state index contributed by atoms with van der Waals surface area (Å²) in [5.74, 6) is 0.339. The summed E-state index contributed by atoms with van der Waals surface area (Å²) >= 11 is 0. The number of carbonyl (C=O) groups excluding carboxylic acids is 1. The van der Waals surface area contributed by atoms with E-state index in [4.69, 9.17) is 10.00 Å². The molecule has 1 saturated heterocycles. The second kappa shape index (κ2) is 10.7. The van der Waals surface area contributed by atoms with Gasteiger partial charge in [-0.2, -0.15) is 10.5 Å². The largest absolute Gasteiger partial charge is 0.478 e. The molecule has 1 amide bonds. The lowest BCUT2D eigenvalue weighted by molar-refractivity contribution is -0.126. The summed E-state index contributed by atoms with van der Waals surface area (Å²) in [6.45, 7) is 6.28. The Morgan fingerprint density at radius 1 is 1.10 bits per heavy atom. The standard InChI is InChI=1S/C25H24N4O2/c1-2-6-21-17-20(9-10-24(21)31-16-11-26)18-22(19-27)25(30)29-14-12-28(13-15-29)23-7-4-3-5-8-23/h2-5,7-10,17-18H,1,6,12-16H2/b22-18-. The van der Waals surface area contributed by atoms with Crippen LogP contribution in [0.4, 0.5) is 5.69 Å². The van der Waals surface area contributed by atoms with E-state index in [1.54, 1.807) is 29.2 Å². The highest BCUT2D eigenvalue weighted by Crippen LogP contribution is 2.23. The number of anilines is 1. The van der Waals surface area contributed by atoms with Gasteiger partial charge in [-0.15, -0.1) is 6.58 Å². The number of hydrogen-bond acceptors (Lipinski definition) is 5. The number of ether oxygens (including phenoxy) is 1. The van der Waals surface area contributed by atoms with Crippen LogP contribution in [0, 0.1) is 22.7 Å². The zero-order valence-electron chi connectivity index (χ0n) is 17.3. The Labute approximate surface area is 182 Å². The number of nitriles is 2. The number of rotatable bonds is 7. The monoisotopic (exact) mass is 412 g/mol. The minimum absolute atomic E-state index is 0.0454. The quantitative estimate of drug-likeness (QED) is 0.395. The molecule has 1 fully saturated rings. The second-order valence-corrected chi connectivity index (χ2v) is 7.09. The van der Waals surface area contributed by atoms with E-state index < -0.39 is 0 Å². The van der Waals surface area contributed by atoms with Crippen molar-refractivity contribution in [2.24, 2.45) is 0 Å². The molecule has 156 valence electrons. The highest BCUT2D eigenvalue weighted by Gasteiger charge is 2.23. The van der Waals surface area contributed by atoms with Gasteiger partial charge in [0.25, 0.3) is 5.91 Å². The molecule has 3 rings (SSSR count). The fraction of sp³-hybridized carbons (Fsp3) is 0.240. The molecule has 0 N–H and O–H groups in total. The molecule has 0 aliphatic carbocycles. The summed E-state index contributed by atoms with van der Waals surface area (Å²) < 4.78 is 5.44. The molecular formula is C25H24N4O2. The number of amides is 1. The number of para-hydroxylation sites is 1. The van der Waals surface area contributed by atoms with Gasteiger partial charge in [0, 0.05) is 31.9 Å². The molecule has 0 atom stereocenters. The zero-order chi connectivity index (χ0) is 22.1. The number of hydrogen-bond donors (Lipinski definition) is 0. The summed E-state index contributed by atoms with van der Waals surface area (Å²) in [6, 6.07) is 19.5. The van der Waals surface area contributed by atoms with Gasteiger partial charge in [0.2, 0.25) is 0 Å². The summed E-state index contributed by atoms with van der Waals surface area (Å²) in [6.07, 6.45) is 3.90. The third-order valence-electron chi connectivity index (χ3n) is 5.09. The van der Waals surface area contributed by atoms with E-state index in [0.717, 1.165) is 29.9 Å². The average molecular weight is 412 g/mol. The normalized spacial score (nSPS) is 13.8. The molecule has 6 heteroatoms. The molecule has 0 unspecified atom stereocenters. The molecule has 1 heterocycles. The first-order valence-corrected chi connectivity index (χ1v) is 10.1. The first-order valence-electron chi connectivity index (χ1n) is 10.1. The van der Waals surface area contributed by atoms with Crippen LogP contribution in [0.1, 0.15) is 11.1 Å². The van der Waals surface area contributed by atoms with Gasteiger partial charge in [-0.05, 0) is 47.9 Å². The fourth-order valence-electron chi connectivity index (χ4n) is 3.54. The van der Waals surface area contributed by atoms with Crippen molar-refractivity contribution in [2.75, 3.05) is 37.7 Å². The molecule has 0 aromatic heterocycles. The van der Waals surface area contributed by atoms with Crippen LogP contribution in [0.15, 0.2) is 66.8 Å². The van der Waals surface area contributed by atoms with Crippen LogP contribution in [-0.4, -0.2) is 43.6 Å². The molecule has 31 heavy (non-hydrogen) atoms. The van der Waals surface area contributed by atoms with Gasteiger partial charge >= 0.3 is 0 Å². The van der Waals surface area contributed by atoms with Crippen molar-refractivity contribution in [1.29, 1.82) is 10.5 Å². The average Bonchev–Trinajstić information content (AvgIpc) is 2.82. The Kier molecular flexibility index (Phi) is 7.45. The third-order valence-corrected chi connectivity index (χ3v) is 5.09. The maximum Gasteiger partial charge on any atom is 0.264 e. The minimum atomic E-state index is -0.259. The Balaban J connectivity index is 1.72. The van der Waals surface area contributed by atoms with Crippen LogP contribution in [0.2, 0.25) is 0 Å². The van der Waals surface area contributed by atoms with Gasteiger partial charge in [0.15, 0.2) is 6.61 Å². The lowest BCUT2D eigenvalue weighted by Gasteiger charge is -2.36. The van der Waals surface area contributed by atoms with Crippen LogP contribution >= 0.6 is 0 Å². The predicted molar refractivity (Wildman–Crippen MR) is 120 cm³/mol. The molecule has 0 spiro atoms. The van der Waals surface area contributed by atoms with Gasteiger partial charge < -0.3 is 14.5 Å². The summed E-state index contributed by atoms with van der Waals surface area (Å²) in [5.41, 5.74) is 2.82. The highest BCUT2D eigenvalue weighted by molar-refractivity contribution is 6.01. The van der Waals surface area contributed by atoms with Crippen LogP contribution < -0.4 is 9.64 Å². The van der Waals surface area contributed by atoms with E-state index in [-0.39, 0.29) is 18.1 Å². The first-order chi connectivity index (χ1) is 15.2. The predicted octanol–water partition coefficient (Wildman–Crippen LogP) is 3.57. The van der Waals surface area contributed by atoms with Crippen molar-refractivity contribution in [1.82, 2.24) is 4.90 Å². The molecule has 1 aliphatic heterocycles. The molecule has 0 saturated carbocycles. The van der Waals surface area contributed by atoms with E-state index in [1.165, 1.54) is 0 Å². The van der Waals surface area contributed by atoms with Crippen molar-refractivity contribution >= 4 is 17.7 Å². The van der Waals surface area contributed by atoms with Crippen LogP contribution in [0.25, 0.3) is 6.08 Å². The van der Waals surface area contributed by atoms with Gasteiger partial charge in [-0.1, -0.05) is 30.3 Å². The molecule has 6 nitrogen and oxygen atoms in total. The molecule has 0 radical (unpaired) electrons. The Morgan fingerprint density at radius 3 is 2.48 bits per heavy atom. The van der Waals surface area contributed by atoms with Crippen molar-refractivity contribution in [2.45, 2.75) is 6.42 Å². The SMILES string of the molecule is C=CCc1cc(/C=C(/C#N)C(=O)N2CCN(c3ccccc3)CC2)ccc1OCC#N. The van der Waals surface area contributed by atoms with E-state index in [1.807, 2.05) is 30.3 Å². The second-order valence-electron chi connectivity index (χ2n) is 7.09. The summed E-state index contributed by atoms with van der Waals surface area (Å²) in [7, 11) is 0. The zero-order valence-corrected chi connectivity index (χ0v) is 17.3.